The van der Waals surface area contributed by atoms with Gasteiger partial charge in [-0.2, -0.15) is 0 Å². The molecule has 1 aromatic rings. The van der Waals surface area contributed by atoms with Crippen LogP contribution in [0, 0.1) is 0 Å². The first-order valence-corrected chi connectivity index (χ1v) is 6.84. The number of benzene rings is 1. The lowest BCUT2D eigenvalue weighted by Gasteiger charge is -2.13. The van der Waals surface area contributed by atoms with Crippen LogP contribution in [0.15, 0.2) is 35.9 Å². The van der Waals surface area contributed by atoms with Gasteiger partial charge in [0, 0.05) is 18.2 Å². The summed E-state index contributed by atoms with van der Waals surface area (Å²) < 4.78 is 0. The Balaban J connectivity index is 2.75. The quantitative estimate of drug-likeness (QED) is 0.702. The monoisotopic (exact) mass is 304 g/mol. The van der Waals surface area contributed by atoms with Gasteiger partial charge in [-0.05, 0) is 44.5 Å². The van der Waals surface area contributed by atoms with E-state index >= 15 is 0 Å². The van der Waals surface area contributed by atoms with E-state index in [4.69, 9.17) is 5.11 Å². The van der Waals surface area contributed by atoms with Crippen molar-refractivity contribution in [2.24, 2.45) is 0 Å². The number of carbonyl (C=O) groups excluding carboxylic acids is 2. The standard InChI is InChI=1S/C16H20N2O4/c1-10(2)4-9-14(16(21)22)18-15(20)12-5-7-13(8-6-12)17-11(3)19/h4-8,14H,9H2,1-3H3,(H,17,19)(H,18,20)(H,21,22)/t14-/m1/s1. The molecule has 0 fully saturated rings. The van der Waals surface area contributed by atoms with Gasteiger partial charge in [0.05, 0.1) is 0 Å². The molecule has 0 aliphatic rings. The second-order valence-electron chi connectivity index (χ2n) is 5.14. The van der Waals surface area contributed by atoms with Crippen LogP contribution in [-0.2, 0) is 9.59 Å². The highest BCUT2D eigenvalue weighted by Crippen LogP contribution is 2.10. The molecule has 6 heteroatoms. The largest absolute Gasteiger partial charge is 0.480 e. The van der Waals surface area contributed by atoms with E-state index in [0.717, 1.165) is 5.57 Å². The van der Waals surface area contributed by atoms with Crippen molar-refractivity contribution in [1.29, 1.82) is 0 Å². The summed E-state index contributed by atoms with van der Waals surface area (Å²) in [6.07, 6.45) is 1.99. The van der Waals surface area contributed by atoms with Crippen LogP contribution >= 0.6 is 0 Å². The predicted octanol–water partition coefficient (Wildman–Crippen LogP) is 2.18. The third-order valence-corrected chi connectivity index (χ3v) is 2.83. The lowest BCUT2D eigenvalue weighted by Crippen LogP contribution is -2.40. The number of carbonyl (C=O) groups is 3. The molecular weight excluding hydrogens is 284 g/mol. The minimum absolute atomic E-state index is 0.204. The summed E-state index contributed by atoms with van der Waals surface area (Å²) in [5.41, 5.74) is 1.89. The zero-order valence-corrected chi connectivity index (χ0v) is 12.8. The second-order valence-corrected chi connectivity index (χ2v) is 5.14. The Morgan fingerprint density at radius 2 is 1.73 bits per heavy atom. The van der Waals surface area contributed by atoms with E-state index in [1.54, 1.807) is 18.2 Å². The van der Waals surface area contributed by atoms with Crippen molar-refractivity contribution in [3.05, 3.63) is 41.5 Å². The maximum absolute atomic E-state index is 12.1. The zero-order chi connectivity index (χ0) is 16.7. The lowest BCUT2D eigenvalue weighted by atomic mass is 10.1. The fraction of sp³-hybridized carbons (Fsp3) is 0.312. The van der Waals surface area contributed by atoms with Crippen LogP contribution in [0.1, 0.15) is 37.6 Å². The molecule has 0 radical (unpaired) electrons. The van der Waals surface area contributed by atoms with Crippen molar-refractivity contribution in [1.82, 2.24) is 5.32 Å². The number of anilines is 1. The van der Waals surface area contributed by atoms with Crippen LogP contribution in [0.2, 0.25) is 0 Å². The Kier molecular flexibility index (Phi) is 6.31. The SMILES string of the molecule is CC(=O)Nc1ccc(C(=O)N[C@H](CC=C(C)C)C(=O)O)cc1. The van der Waals surface area contributed by atoms with Gasteiger partial charge in [-0.25, -0.2) is 4.79 Å². The molecule has 0 heterocycles. The van der Waals surface area contributed by atoms with Crippen LogP contribution in [0.25, 0.3) is 0 Å². The van der Waals surface area contributed by atoms with Crippen molar-refractivity contribution in [3.63, 3.8) is 0 Å². The molecule has 0 aromatic heterocycles. The first-order chi connectivity index (χ1) is 10.3. The third kappa shape index (κ3) is 5.78. The van der Waals surface area contributed by atoms with Gasteiger partial charge >= 0.3 is 5.97 Å². The average molecular weight is 304 g/mol. The van der Waals surface area contributed by atoms with Crippen molar-refractivity contribution in [3.8, 4) is 0 Å². The Labute approximate surface area is 129 Å². The van der Waals surface area contributed by atoms with Gasteiger partial charge in [0.1, 0.15) is 6.04 Å². The van der Waals surface area contributed by atoms with Gasteiger partial charge in [0.2, 0.25) is 5.91 Å². The molecule has 1 atom stereocenters. The fourth-order valence-corrected chi connectivity index (χ4v) is 1.72. The number of nitrogens with one attached hydrogen (secondary N) is 2. The number of carboxylic acids is 1. The molecule has 0 aliphatic carbocycles. The van der Waals surface area contributed by atoms with E-state index < -0.39 is 17.9 Å². The maximum Gasteiger partial charge on any atom is 0.326 e. The summed E-state index contributed by atoms with van der Waals surface area (Å²) in [6, 6.07) is 5.25. The number of rotatable bonds is 6. The summed E-state index contributed by atoms with van der Waals surface area (Å²) in [5, 5.41) is 14.2. The van der Waals surface area contributed by atoms with Crippen molar-refractivity contribution in [2.75, 3.05) is 5.32 Å². The van der Waals surface area contributed by atoms with E-state index in [2.05, 4.69) is 10.6 Å². The highest BCUT2D eigenvalue weighted by atomic mass is 16.4. The Morgan fingerprint density at radius 1 is 1.14 bits per heavy atom. The van der Waals surface area contributed by atoms with E-state index in [1.807, 2.05) is 13.8 Å². The minimum atomic E-state index is -1.08. The highest BCUT2D eigenvalue weighted by Gasteiger charge is 2.19. The Bertz CT molecular complexity index is 587. The van der Waals surface area contributed by atoms with E-state index in [1.165, 1.54) is 19.1 Å². The molecule has 0 saturated carbocycles. The van der Waals surface area contributed by atoms with Gasteiger partial charge in [0.15, 0.2) is 0 Å². The van der Waals surface area contributed by atoms with Crippen molar-refractivity contribution < 1.29 is 19.5 Å². The average Bonchev–Trinajstić information content (AvgIpc) is 2.42. The van der Waals surface area contributed by atoms with Crippen LogP contribution < -0.4 is 10.6 Å². The Hall–Kier alpha value is -2.63. The number of amides is 2. The number of carboxylic acid groups (broad SMARTS) is 1. The first kappa shape index (κ1) is 17.4. The van der Waals surface area contributed by atoms with Crippen molar-refractivity contribution >= 4 is 23.5 Å². The van der Waals surface area contributed by atoms with Crippen LogP contribution in [0.3, 0.4) is 0 Å². The number of hydrogen-bond donors (Lipinski definition) is 3. The van der Waals surface area contributed by atoms with Gasteiger partial charge < -0.3 is 15.7 Å². The molecule has 0 aliphatic heterocycles. The molecule has 118 valence electrons. The molecular formula is C16H20N2O4. The normalized spacial score (nSPS) is 11.2. The summed E-state index contributed by atoms with van der Waals surface area (Å²) in [7, 11) is 0. The van der Waals surface area contributed by atoms with Gasteiger partial charge in [-0.1, -0.05) is 11.6 Å². The summed E-state index contributed by atoms with van der Waals surface area (Å²) >= 11 is 0. The van der Waals surface area contributed by atoms with Crippen molar-refractivity contribution in [2.45, 2.75) is 33.2 Å². The van der Waals surface area contributed by atoms with Gasteiger partial charge in [-0.3, -0.25) is 9.59 Å². The molecule has 0 unspecified atom stereocenters. The van der Waals surface area contributed by atoms with E-state index in [9.17, 15) is 14.4 Å². The van der Waals surface area contributed by atoms with Gasteiger partial charge in [0.25, 0.3) is 5.91 Å². The molecule has 0 spiro atoms. The number of allylic oxidation sites excluding steroid dienone is 1. The first-order valence-electron chi connectivity index (χ1n) is 6.84. The van der Waals surface area contributed by atoms with E-state index in [0.29, 0.717) is 11.3 Å². The molecule has 3 N–H and O–H groups in total. The summed E-state index contributed by atoms with van der Waals surface area (Å²) in [6.45, 7) is 5.12. The lowest BCUT2D eigenvalue weighted by molar-refractivity contribution is -0.139. The smallest absolute Gasteiger partial charge is 0.326 e. The second kappa shape index (κ2) is 7.97. The fourth-order valence-electron chi connectivity index (χ4n) is 1.72. The molecule has 2 amide bonds. The Morgan fingerprint density at radius 3 is 2.18 bits per heavy atom. The molecule has 6 nitrogen and oxygen atoms in total. The molecule has 22 heavy (non-hydrogen) atoms. The molecule has 0 saturated heterocycles. The maximum atomic E-state index is 12.1. The minimum Gasteiger partial charge on any atom is -0.480 e. The summed E-state index contributed by atoms with van der Waals surface area (Å²) in [5.74, 6) is -1.76. The third-order valence-electron chi connectivity index (χ3n) is 2.83. The van der Waals surface area contributed by atoms with Gasteiger partial charge in [-0.15, -0.1) is 0 Å². The zero-order valence-electron chi connectivity index (χ0n) is 12.8. The van der Waals surface area contributed by atoms with E-state index in [-0.39, 0.29) is 12.3 Å². The number of hydrogen-bond acceptors (Lipinski definition) is 3. The van der Waals surface area contributed by atoms with Crippen LogP contribution in [0.4, 0.5) is 5.69 Å². The molecule has 1 rings (SSSR count). The van der Waals surface area contributed by atoms with Crippen LogP contribution in [0.5, 0.6) is 0 Å². The molecule has 1 aromatic carbocycles. The summed E-state index contributed by atoms with van der Waals surface area (Å²) in [4.78, 5) is 34.1. The predicted molar refractivity (Wildman–Crippen MR) is 83.7 cm³/mol. The topological polar surface area (TPSA) is 95.5 Å². The van der Waals surface area contributed by atoms with Crippen LogP contribution in [-0.4, -0.2) is 28.9 Å². The molecule has 0 bridgehead atoms. The highest BCUT2D eigenvalue weighted by molar-refractivity contribution is 5.97. The number of aliphatic carboxylic acids is 1.